The molecule has 0 aliphatic rings. The zero-order valence-electron chi connectivity index (χ0n) is 21.8. The first kappa shape index (κ1) is 28.7. The fourth-order valence-electron chi connectivity index (χ4n) is 4.12. The first-order valence-corrected chi connectivity index (χ1v) is 19.5. The van der Waals surface area contributed by atoms with Gasteiger partial charge in [0.15, 0.2) is 0 Å². The summed E-state index contributed by atoms with van der Waals surface area (Å²) in [5.41, 5.74) is 3.85. The number of hydrogen-bond acceptors (Lipinski definition) is 2. The normalized spacial score (nSPS) is 11.3. The van der Waals surface area contributed by atoms with E-state index in [0.717, 1.165) is 31.2 Å². The van der Waals surface area contributed by atoms with E-state index >= 15 is 0 Å². The van der Waals surface area contributed by atoms with Gasteiger partial charge in [-0.3, -0.25) is 0 Å². The van der Waals surface area contributed by atoms with E-state index in [1.807, 2.05) is 38.1 Å². The Labute approximate surface area is 235 Å². The molecule has 0 bridgehead atoms. The predicted octanol–water partition coefficient (Wildman–Crippen LogP) is 6.91. The van der Waals surface area contributed by atoms with Crippen molar-refractivity contribution in [3.05, 3.63) is 91.9 Å². The third kappa shape index (κ3) is 7.10. The molecule has 0 spiro atoms. The van der Waals surface area contributed by atoms with Crippen LogP contribution in [-0.2, 0) is 8.85 Å². The van der Waals surface area contributed by atoms with Crippen molar-refractivity contribution in [1.29, 1.82) is 0 Å². The first-order valence-electron chi connectivity index (χ1n) is 12.1. The minimum Gasteiger partial charge on any atom is -0.413 e. The molecule has 0 atom stereocenters. The van der Waals surface area contributed by atoms with Gasteiger partial charge in [-0.25, -0.2) is 0 Å². The Bertz CT molecular complexity index is 1250. The van der Waals surface area contributed by atoms with Crippen molar-refractivity contribution in [2.24, 2.45) is 0 Å². The van der Waals surface area contributed by atoms with E-state index in [1.165, 1.54) is 10.4 Å². The first-order chi connectivity index (χ1) is 17.1. The van der Waals surface area contributed by atoms with Crippen LogP contribution in [0, 0.1) is 23.7 Å². The molecule has 3 rings (SSSR count). The van der Waals surface area contributed by atoms with Crippen LogP contribution in [-0.4, -0.2) is 29.8 Å². The maximum atomic E-state index is 6.11. The average molecular weight is 641 g/mol. The third-order valence-corrected chi connectivity index (χ3v) is 12.7. The highest BCUT2D eigenvalue weighted by Crippen LogP contribution is 2.25. The standard InChI is InChI=1S/C30H32Br2O2Si2/c1-7-33-35(3,4)29-15-11-9-13-23(29)17-19-25-21-28(32)26(22-27(25)31)20-18-24-14-10-12-16-30(24)36(5,6)34-8-2/h9-16,21-22H,7-8H2,1-6H3. The van der Waals surface area contributed by atoms with Crippen LogP contribution in [0.5, 0.6) is 0 Å². The highest BCUT2D eigenvalue weighted by Gasteiger charge is 2.27. The Kier molecular flexibility index (Phi) is 10.0. The SMILES string of the molecule is CCO[Si](C)(C)c1ccccc1C#Cc1cc(Br)c(C#Cc2ccccc2[Si](C)(C)OCC)cc1Br. The lowest BCUT2D eigenvalue weighted by atomic mass is 10.1. The third-order valence-electron chi connectivity index (χ3n) is 5.88. The molecular weight excluding hydrogens is 608 g/mol. The summed E-state index contributed by atoms with van der Waals surface area (Å²) in [5.74, 6) is 13.5. The lowest BCUT2D eigenvalue weighted by Gasteiger charge is -2.23. The maximum Gasteiger partial charge on any atom is 0.219 e. The number of halogens is 2. The van der Waals surface area contributed by atoms with Crippen molar-refractivity contribution in [1.82, 2.24) is 0 Å². The van der Waals surface area contributed by atoms with Gasteiger partial charge in [0.1, 0.15) is 0 Å². The van der Waals surface area contributed by atoms with Gasteiger partial charge >= 0.3 is 0 Å². The fraction of sp³-hybridized carbons (Fsp3) is 0.267. The Morgan fingerprint density at radius 3 is 1.28 bits per heavy atom. The predicted molar refractivity (Wildman–Crippen MR) is 164 cm³/mol. The molecule has 0 amide bonds. The number of hydrogen-bond donors (Lipinski definition) is 0. The van der Waals surface area contributed by atoms with Gasteiger partial charge < -0.3 is 8.85 Å². The second-order valence-corrected chi connectivity index (χ2v) is 18.7. The van der Waals surface area contributed by atoms with Gasteiger partial charge in [-0.1, -0.05) is 60.1 Å². The molecule has 6 heteroatoms. The van der Waals surface area contributed by atoms with Crippen LogP contribution in [0.3, 0.4) is 0 Å². The Balaban J connectivity index is 1.95. The van der Waals surface area contributed by atoms with Gasteiger partial charge in [-0.05, 0) is 107 Å². The summed E-state index contributed by atoms with van der Waals surface area (Å²) in [6, 6.07) is 20.7. The summed E-state index contributed by atoms with van der Waals surface area (Å²) in [4.78, 5) is 0. The largest absolute Gasteiger partial charge is 0.413 e. The molecule has 3 aromatic rings. The average Bonchev–Trinajstić information content (AvgIpc) is 2.83. The Hall–Kier alpha value is -1.91. The van der Waals surface area contributed by atoms with Gasteiger partial charge in [-0.2, -0.15) is 0 Å². The molecule has 0 unspecified atom stereocenters. The second kappa shape index (κ2) is 12.6. The van der Waals surface area contributed by atoms with E-state index in [4.69, 9.17) is 8.85 Å². The molecule has 3 aromatic carbocycles. The van der Waals surface area contributed by atoms with Crippen molar-refractivity contribution >= 4 is 58.9 Å². The summed E-state index contributed by atoms with van der Waals surface area (Å²) in [6.45, 7) is 14.4. The molecule has 0 saturated carbocycles. The topological polar surface area (TPSA) is 18.5 Å². The quantitative estimate of drug-likeness (QED) is 0.216. The number of benzene rings is 3. The van der Waals surface area contributed by atoms with E-state index < -0.39 is 16.6 Å². The minimum atomic E-state index is -2.01. The van der Waals surface area contributed by atoms with Crippen molar-refractivity contribution in [3.8, 4) is 23.7 Å². The van der Waals surface area contributed by atoms with Crippen LogP contribution in [0.4, 0.5) is 0 Å². The van der Waals surface area contributed by atoms with Crippen LogP contribution in [0.15, 0.2) is 69.6 Å². The molecule has 0 aliphatic heterocycles. The van der Waals surface area contributed by atoms with E-state index in [1.54, 1.807) is 0 Å². The van der Waals surface area contributed by atoms with E-state index in [0.29, 0.717) is 13.2 Å². The smallest absolute Gasteiger partial charge is 0.219 e. The van der Waals surface area contributed by atoms with Crippen LogP contribution in [0.1, 0.15) is 36.1 Å². The zero-order chi connectivity index (χ0) is 26.3. The van der Waals surface area contributed by atoms with Crippen molar-refractivity contribution < 1.29 is 8.85 Å². The lowest BCUT2D eigenvalue weighted by Crippen LogP contribution is -2.46. The molecular formula is C30H32Br2O2Si2. The van der Waals surface area contributed by atoms with Gasteiger partial charge in [0.2, 0.25) is 16.6 Å². The molecule has 0 fully saturated rings. The maximum absolute atomic E-state index is 6.11. The van der Waals surface area contributed by atoms with Gasteiger partial charge in [0.25, 0.3) is 0 Å². The molecule has 0 heterocycles. The summed E-state index contributed by atoms with van der Waals surface area (Å²) < 4.78 is 14.0. The van der Waals surface area contributed by atoms with Gasteiger partial charge in [-0.15, -0.1) is 0 Å². The summed E-state index contributed by atoms with van der Waals surface area (Å²) in [7, 11) is -4.02. The number of rotatable bonds is 6. The Morgan fingerprint density at radius 2 is 0.917 bits per heavy atom. The summed E-state index contributed by atoms with van der Waals surface area (Å²) in [6.07, 6.45) is 0. The molecule has 0 aliphatic carbocycles. The van der Waals surface area contributed by atoms with Crippen LogP contribution in [0.25, 0.3) is 0 Å². The Morgan fingerprint density at radius 1 is 0.583 bits per heavy atom. The molecule has 0 aromatic heterocycles. The highest BCUT2D eigenvalue weighted by molar-refractivity contribution is 9.11. The second-order valence-electron chi connectivity index (χ2n) is 9.29. The van der Waals surface area contributed by atoms with E-state index in [2.05, 4.69) is 118 Å². The van der Waals surface area contributed by atoms with Crippen LogP contribution in [0.2, 0.25) is 26.2 Å². The fourth-order valence-corrected chi connectivity index (χ4v) is 9.34. The zero-order valence-corrected chi connectivity index (χ0v) is 26.9. The monoisotopic (exact) mass is 638 g/mol. The van der Waals surface area contributed by atoms with Gasteiger partial charge in [0, 0.05) is 44.4 Å². The molecule has 0 radical (unpaired) electrons. The molecule has 186 valence electrons. The highest BCUT2D eigenvalue weighted by atomic mass is 79.9. The molecule has 2 nitrogen and oxygen atoms in total. The van der Waals surface area contributed by atoms with Crippen molar-refractivity contribution in [2.45, 2.75) is 40.0 Å². The lowest BCUT2D eigenvalue weighted by molar-refractivity contribution is 0.338. The van der Waals surface area contributed by atoms with E-state index in [-0.39, 0.29) is 0 Å². The summed E-state index contributed by atoms with van der Waals surface area (Å²) in [5, 5.41) is 2.43. The van der Waals surface area contributed by atoms with Crippen LogP contribution < -0.4 is 10.4 Å². The van der Waals surface area contributed by atoms with Crippen LogP contribution >= 0.6 is 31.9 Å². The van der Waals surface area contributed by atoms with Gasteiger partial charge in [0.05, 0.1) is 0 Å². The molecule has 36 heavy (non-hydrogen) atoms. The van der Waals surface area contributed by atoms with E-state index in [9.17, 15) is 0 Å². The molecule has 0 N–H and O–H groups in total. The molecule has 0 saturated heterocycles. The van der Waals surface area contributed by atoms with Crippen molar-refractivity contribution in [2.75, 3.05) is 13.2 Å². The summed E-state index contributed by atoms with van der Waals surface area (Å²) >= 11 is 7.42. The minimum absolute atomic E-state index is 0.706. The van der Waals surface area contributed by atoms with Crippen molar-refractivity contribution in [3.63, 3.8) is 0 Å².